The van der Waals surface area contributed by atoms with E-state index in [2.05, 4.69) is 55.9 Å². The van der Waals surface area contributed by atoms with E-state index < -0.39 is 8.24 Å². The van der Waals surface area contributed by atoms with E-state index in [1.54, 1.807) is 15.8 Å². The minimum atomic E-state index is -1.54. The maximum absolute atomic E-state index is 2.84. The first-order chi connectivity index (χ1) is 9.93. The third kappa shape index (κ3) is 2.53. The second-order valence-electron chi connectivity index (χ2n) is 7.21. The number of nitrogens with zero attached hydrogens (tertiary/aromatic N) is 1. The standard InChI is InChI=1S/C18H28NSSi/c1-13-11-17-18(15(3)14(13)2)20-12-19(21(17,4)5)16-9-7-6-8-10-16/h11H,6-10,12H2,1-5H3/q+1. The monoisotopic (exact) mass is 318 g/mol. The molecule has 1 aliphatic carbocycles. The maximum Gasteiger partial charge on any atom is 0.386 e. The second kappa shape index (κ2) is 5.58. The van der Waals surface area contributed by atoms with Crippen LogP contribution in [0.5, 0.6) is 0 Å². The topological polar surface area (TPSA) is 3.01 Å². The van der Waals surface area contributed by atoms with Gasteiger partial charge in [-0.15, -0.1) is 0 Å². The van der Waals surface area contributed by atoms with Crippen molar-refractivity contribution in [3.63, 3.8) is 0 Å². The highest BCUT2D eigenvalue weighted by molar-refractivity contribution is 7.99. The van der Waals surface area contributed by atoms with E-state index in [4.69, 9.17) is 0 Å². The molecule has 0 radical (unpaired) electrons. The second-order valence-corrected chi connectivity index (χ2v) is 12.4. The molecule has 114 valence electrons. The minimum Gasteiger partial charge on any atom is -0.298 e. The van der Waals surface area contributed by atoms with Crippen molar-refractivity contribution in [2.24, 2.45) is 0 Å². The fraction of sp³-hybridized carbons (Fsp3) is 0.611. The molecule has 1 saturated carbocycles. The van der Waals surface area contributed by atoms with E-state index in [0.29, 0.717) is 0 Å². The Morgan fingerprint density at radius 2 is 1.67 bits per heavy atom. The van der Waals surface area contributed by atoms with Crippen LogP contribution in [-0.2, 0) is 0 Å². The molecule has 1 aliphatic heterocycles. The van der Waals surface area contributed by atoms with E-state index in [1.165, 1.54) is 54.7 Å². The number of benzene rings is 1. The number of aryl methyl sites for hydroxylation is 1. The molecule has 2 aliphatic rings. The Labute approximate surface area is 134 Å². The lowest BCUT2D eigenvalue weighted by molar-refractivity contribution is -0.375. The van der Waals surface area contributed by atoms with Gasteiger partial charge < -0.3 is 0 Å². The van der Waals surface area contributed by atoms with Crippen molar-refractivity contribution in [1.82, 2.24) is 0 Å². The first-order valence-electron chi connectivity index (χ1n) is 8.29. The molecular formula is C18H28NSSi+. The van der Waals surface area contributed by atoms with Crippen molar-refractivity contribution in [3.05, 3.63) is 22.8 Å². The first kappa shape index (κ1) is 15.4. The highest BCUT2D eigenvalue weighted by Gasteiger charge is 2.46. The highest BCUT2D eigenvalue weighted by atomic mass is 32.2. The molecule has 1 fully saturated rings. The zero-order chi connectivity index (χ0) is 15.2. The molecule has 21 heavy (non-hydrogen) atoms. The van der Waals surface area contributed by atoms with E-state index in [9.17, 15) is 0 Å². The number of rotatable bonds is 0. The molecule has 1 aromatic rings. The third-order valence-electron chi connectivity index (χ3n) is 5.58. The van der Waals surface area contributed by atoms with Gasteiger partial charge in [0.2, 0.25) is 0 Å². The highest BCUT2D eigenvalue weighted by Crippen LogP contribution is 2.33. The Kier molecular flexibility index (Phi) is 4.08. The quantitative estimate of drug-likeness (QED) is 0.636. The van der Waals surface area contributed by atoms with Crippen molar-refractivity contribution < 1.29 is 4.24 Å². The average molecular weight is 319 g/mol. The summed E-state index contributed by atoms with van der Waals surface area (Å²) < 4.78 is 2.84. The van der Waals surface area contributed by atoms with Gasteiger partial charge in [0, 0.05) is 22.9 Å². The smallest absolute Gasteiger partial charge is 0.298 e. The van der Waals surface area contributed by atoms with Gasteiger partial charge in [-0.05, 0) is 63.4 Å². The summed E-state index contributed by atoms with van der Waals surface area (Å²) >= 11 is 2.08. The Bertz CT molecular complexity index is 608. The van der Waals surface area contributed by atoms with Crippen LogP contribution in [0.2, 0.25) is 13.1 Å². The van der Waals surface area contributed by atoms with Gasteiger partial charge in [0.15, 0.2) is 5.88 Å². The van der Waals surface area contributed by atoms with Crippen LogP contribution in [0.4, 0.5) is 0 Å². The van der Waals surface area contributed by atoms with Crippen molar-refractivity contribution in [1.29, 1.82) is 0 Å². The molecule has 0 atom stereocenters. The van der Waals surface area contributed by atoms with Crippen LogP contribution < -0.4 is 5.19 Å². The van der Waals surface area contributed by atoms with Crippen LogP contribution in [0, 0.1) is 20.8 Å². The van der Waals surface area contributed by atoms with Gasteiger partial charge in [0.1, 0.15) is 5.71 Å². The summed E-state index contributed by atoms with van der Waals surface area (Å²) in [6, 6.07) is 2.51. The number of thioether (sulfide) groups is 1. The summed E-state index contributed by atoms with van der Waals surface area (Å²) in [6.45, 7) is 12.0. The van der Waals surface area contributed by atoms with Crippen molar-refractivity contribution >= 4 is 30.9 Å². The number of hydrogen-bond donors (Lipinski definition) is 0. The molecule has 0 unspecified atom stereocenters. The van der Waals surface area contributed by atoms with Gasteiger partial charge in [-0.2, -0.15) is 0 Å². The van der Waals surface area contributed by atoms with Crippen LogP contribution in [0.15, 0.2) is 11.0 Å². The van der Waals surface area contributed by atoms with Crippen LogP contribution in [0.25, 0.3) is 0 Å². The Morgan fingerprint density at radius 3 is 2.33 bits per heavy atom. The summed E-state index contributed by atoms with van der Waals surface area (Å²) in [5, 5.41) is 1.68. The molecule has 1 aromatic carbocycles. The molecule has 0 aromatic heterocycles. The zero-order valence-electron chi connectivity index (χ0n) is 14.2. The van der Waals surface area contributed by atoms with Crippen LogP contribution in [-0.4, -0.2) is 24.1 Å². The summed E-state index contributed by atoms with van der Waals surface area (Å²) in [5.41, 5.74) is 6.25. The fourth-order valence-electron chi connectivity index (χ4n) is 3.85. The average Bonchev–Trinajstić information content (AvgIpc) is 2.47. The lowest BCUT2D eigenvalue weighted by atomic mass is 9.99. The summed E-state index contributed by atoms with van der Waals surface area (Å²) in [7, 11) is -1.54. The molecule has 3 heteroatoms. The number of hydrogen-bond acceptors (Lipinski definition) is 1. The lowest BCUT2D eigenvalue weighted by Gasteiger charge is -2.32. The Hall–Kier alpha value is -0.543. The predicted molar refractivity (Wildman–Crippen MR) is 96.8 cm³/mol. The van der Waals surface area contributed by atoms with Gasteiger partial charge in [-0.3, -0.25) is 4.24 Å². The van der Waals surface area contributed by atoms with Gasteiger partial charge in [-0.1, -0.05) is 24.2 Å². The van der Waals surface area contributed by atoms with Crippen LogP contribution in [0.1, 0.15) is 48.8 Å². The Balaban J connectivity index is 2.14. The maximum atomic E-state index is 2.84. The molecule has 0 bridgehead atoms. The van der Waals surface area contributed by atoms with Gasteiger partial charge >= 0.3 is 8.24 Å². The van der Waals surface area contributed by atoms with Crippen molar-refractivity contribution in [2.45, 2.75) is 70.9 Å². The Morgan fingerprint density at radius 1 is 1.00 bits per heavy atom. The third-order valence-corrected chi connectivity index (χ3v) is 10.7. The first-order valence-corrected chi connectivity index (χ1v) is 12.2. The summed E-state index contributed by atoms with van der Waals surface area (Å²) in [6.07, 6.45) is 6.92. The van der Waals surface area contributed by atoms with Gasteiger partial charge in [0.05, 0.1) is 0 Å². The van der Waals surface area contributed by atoms with E-state index in [1.807, 2.05) is 0 Å². The molecule has 3 rings (SSSR count). The van der Waals surface area contributed by atoms with Crippen LogP contribution >= 0.6 is 11.8 Å². The summed E-state index contributed by atoms with van der Waals surface area (Å²) in [4.78, 5) is 1.60. The van der Waals surface area contributed by atoms with E-state index >= 15 is 0 Å². The largest absolute Gasteiger partial charge is 0.386 e. The predicted octanol–water partition coefficient (Wildman–Crippen LogP) is 4.50. The lowest BCUT2D eigenvalue weighted by Crippen LogP contribution is -2.58. The van der Waals surface area contributed by atoms with Gasteiger partial charge in [0.25, 0.3) is 0 Å². The van der Waals surface area contributed by atoms with Crippen LogP contribution in [0.3, 0.4) is 0 Å². The molecule has 0 amide bonds. The van der Waals surface area contributed by atoms with E-state index in [-0.39, 0.29) is 0 Å². The van der Waals surface area contributed by atoms with Gasteiger partial charge in [-0.25, -0.2) is 0 Å². The molecule has 0 N–H and O–H groups in total. The number of fused-ring (bicyclic) bond motifs is 1. The minimum absolute atomic E-state index is 1.19. The summed E-state index contributed by atoms with van der Waals surface area (Å²) in [5.74, 6) is 1.19. The molecule has 0 spiro atoms. The van der Waals surface area contributed by atoms with Crippen molar-refractivity contribution in [3.8, 4) is 0 Å². The molecular weight excluding hydrogens is 290 g/mol. The molecule has 1 heterocycles. The normalized spacial score (nSPS) is 21.4. The zero-order valence-corrected chi connectivity index (χ0v) is 16.0. The fourth-order valence-corrected chi connectivity index (χ4v) is 9.94. The molecule has 1 nitrogen and oxygen atoms in total. The van der Waals surface area contributed by atoms with E-state index in [0.717, 1.165) is 0 Å². The SMILES string of the molecule is Cc1cc2c(c(C)c1C)SC[N+](=C1CCCCC1)[Si]2(C)C. The van der Waals surface area contributed by atoms with Crippen molar-refractivity contribution in [2.75, 3.05) is 5.88 Å². The molecule has 0 saturated heterocycles.